The van der Waals surface area contributed by atoms with Crippen LogP contribution in [0.3, 0.4) is 0 Å². The molecule has 9 nitrogen and oxygen atoms in total. The van der Waals surface area contributed by atoms with E-state index >= 15 is 0 Å². The van der Waals surface area contributed by atoms with E-state index in [0.29, 0.717) is 5.69 Å². The lowest BCUT2D eigenvalue weighted by Gasteiger charge is -2.19. The molecule has 3 rings (SSSR count). The van der Waals surface area contributed by atoms with Gasteiger partial charge in [-0.25, -0.2) is 4.98 Å². The number of azo groups is 1. The molecule has 0 bridgehead atoms. The number of rotatable bonds is 2. The number of hydrogen-bond acceptors (Lipinski definition) is 8. The van der Waals surface area contributed by atoms with Crippen LogP contribution in [-0.4, -0.2) is 56.2 Å². The number of aromatic nitrogens is 2. The van der Waals surface area contributed by atoms with Gasteiger partial charge in [0.15, 0.2) is 5.69 Å². The molecule has 1 fully saturated rings. The Bertz CT molecular complexity index is 573. The van der Waals surface area contributed by atoms with E-state index in [0.717, 1.165) is 0 Å². The van der Waals surface area contributed by atoms with Crippen molar-refractivity contribution in [1.82, 2.24) is 15.3 Å². The van der Waals surface area contributed by atoms with Gasteiger partial charge in [0.25, 0.3) is 5.56 Å². The highest BCUT2D eigenvalue weighted by Crippen LogP contribution is 2.36. The van der Waals surface area contributed by atoms with Crippen molar-refractivity contribution in [3.05, 3.63) is 22.4 Å². The SMILES string of the molecule is O=c1[nH]cnc2c1N=NC2[C@H]1N[C@@H](CO)[C@H](O)[C@@H]1O. The Balaban J connectivity index is 1.93. The second-order valence-corrected chi connectivity index (χ2v) is 4.59. The van der Waals surface area contributed by atoms with Gasteiger partial charge in [-0.2, -0.15) is 5.11 Å². The Morgan fingerprint density at radius 1 is 1.32 bits per heavy atom. The predicted octanol–water partition coefficient (Wildman–Crippen LogP) is -2.04. The van der Waals surface area contributed by atoms with Crippen LogP contribution in [0, 0.1) is 0 Å². The summed E-state index contributed by atoms with van der Waals surface area (Å²) in [5.41, 5.74) is 0.0671. The molecule has 5 N–H and O–H groups in total. The first-order valence-corrected chi connectivity index (χ1v) is 5.85. The molecule has 5 atom stereocenters. The molecule has 19 heavy (non-hydrogen) atoms. The molecule has 2 aliphatic heterocycles. The minimum atomic E-state index is -1.12. The molecule has 0 radical (unpaired) electrons. The van der Waals surface area contributed by atoms with E-state index in [-0.39, 0.29) is 12.3 Å². The summed E-state index contributed by atoms with van der Waals surface area (Å²) >= 11 is 0. The number of H-pyrrole nitrogens is 1. The zero-order valence-electron chi connectivity index (χ0n) is 9.76. The number of nitrogens with one attached hydrogen (secondary N) is 2. The van der Waals surface area contributed by atoms with Crippen LogP contribution in [0.25, 0.3) is 0 Å². The molecular formula is C10H13N5O4. The topological polar surface area (TPSA) is 143 Å². The van der Waals surface area contributed by atoms with Crippen LogP contribution in [0.1, 0.15) is 11.7 Å². The minimum absolute atomic E-state index is 0.114. The molecule has 1 saturated heterocycles. The van der Waals surface area contributed by atoms with Crippen molar-refractivity contribution >= 4 is 5.69 Å². The average molecular weight is 267 g/mol. The maximum Gasteiger partial charge on any atom is 0.278 e. The standard InChI is InChI=1S/C10H13N5O4/c16-1-3-8(17)9(18)6(13-3)5-4-7(15-14-5)10(19)12-2-11-4/h2-3,5-6,8-9,13,16-18H,1H2,(H,11,12,19)/t3-,5?,6+,8-,9+/m0/s1. The summed E-state index contributed by atoms with van der Waals surface area (Å²) in [6, 6.07) is -1.94. The molecule has 0 saturated carbocycles. The Morgan fingerprint density at radius 2 is 2.11 bits per heavy atom. The predicted molar refractivity (Wildman–Crippen MR) is 61.9 cm³/mol. The fourth-order valence-electron chi connectivity index (χ4n) is 2.47. The summed E-state index contributed by atoms with van der Waals surface area (Å²) in [4.78, 5) is 17.9. The van der Waals surface area contributed by atoms with Crippen molar-refractivity contribution in [2.75, 3.05) is 6.61 Å². The van der Waals surface area contributed by atoms with E-state index < -0.39 is 35.9 Å². The molecule has 1 unspecified atom stereocenters. The van der Waals surface area contributed by atoms with Crippen molar-refractivity contribution in [2.24, 2.45) is 10.2 Å². The van der Waals surface area contributed by atoms with Crippen LogP contribution < -0.4 is 10.9 Å². The van der Waals surface area contributed by atoms with Gasteiger partial charge in [0.2, 0.25) is 0 Å². The maximum atomic E-state index is 11.5. The minimum Gasteiger partial charge on any atom is -0.395 e. The molecule has 0 aromatic carbocycles. The molecule has 0 aliphatic carbocycles. The van der Waals surface area contributed by atoms with Crippen molar-refractivity contribution in [3.63, 3.8) is 0 Å². The van der Waals surface area contributed by atoms with E-state index in [1.54, 1.807) is 0 Å². The molecule has 1 aromatic heterocycles. The highest BCUT2D eigenvalue weighted by molar-refractivity contribution is 5.44. The van der Waals surface area contributed by atoms with Crippen LogP contribution in [0.4, 0.5) is 5.69 Å². The van der Waals surface area contributed by atoms with Gasteiger partial charge in [-0.1, -0.05) is 0 Å². The number of hydrogen-bond donors (Lipinski definition) is 5. The van der Waals surface area contributed by atoms with E-state index in [9.17, 15) is 15.0 Å². The normalized spacial score (nSPS) is 36.7. The Labute approximate surface area is 107 Å². The molecule has 0 amide bonds. The molecule has 9 heteroatoms. The van der Waals surface area contributed by atoms with E-state index in [2.05, 4.69) is 25.5 Å². The third kappa shape index (κ3) is 1.78. The summed E-state index contributed by atoms with van der Waals surface area (Å²) in [6.45, 7) is -0.311. The van der Waals surface area contributed by atoms with Crippen molar-refractivity contribution in [2.45, 2.75) is 30.3 Å². The fourth-order valence-corrected chi connectivity index (χ4v) is 2.47. The third-order valence-electron chi connectivity index (χ3n) is 3.49. The molecule has 1 aromatic rings. The number of fused-ring (bicyclic) bond motifs is 1. The van der Waals surface area contributed by atoms with Gasteiger partial charge >= 0.3 is 0 Å². The van der Waals surface area contributed by atoms with Crippen molar-refractivity contribution in [3.8, 4) is 0 Å². The van der Waals surface area contributed by atoms with Gasteiger partial charge < -0.3 is 25.6 Å². The second-order valence-electron chi connectivity index (χ2n) is 4.59. The average Bonchev–Trinajstić information content (AvgIpc) is 2.94. The van der Waals surface area contributed by atoms with Crippen LogP contribution in [0.2, 0.25) is 0 Å². The summed E-state index contributed by atoms with van der Waals surface area (Å²) in [5.74, 6) is 0. The zero-order valence-corrected chi connectivity index (χ0v) is 9.76. The molecular weight excluding hydrogens is 254 g/mol. The van der Waals surface area contributed by atoms with Gasteiger partial charge in [-0.05, 0) is 0 Å². The van der Waals surface area contributed by atoms with Crippen LogP contribution in [0.5, 0.6) is 0 Å². The molecule has 0 spiro atoms. The van der Waals surface area contributed by atoms with E-state index in [1.165, 1.54) is 6.33 Å². The van der Waals surface area contributed by atoms with E-state index in [1.807, 2.05) is 0 Å². The first kappa shape index (κ1) is 12.4. The zero-order chi connectivity index (χ0) is 13.6. The lowest BCUT2D eigenvalue weighted by Crippen LogP contribution is -2.39. The monoisotopic (exact) mass is 267 g/mol. The van der Waals surface area contributed by atoms with Gasteiger partial charge in [0.05, 0.1) is 37.2 Å². The van der Waals surface area contributed by atoms with Gasteiger partial charge in [-0.3, -0.25) is 4.79 Å². The summed E-state index contributed by atoms with van der Waals surface area (Å²) in [5, 5.41) is 39.4. The highest BCUT2D eigenvalue weighted by Gasteiger charge is 2.47. The summed E-state index contributed by atoms with van der Waals surface area (Å²) < 4.78 is 0. The van der Waals surface area contributed by atoms with Crippen LogP contribution >= 0.6 is 0 Å². The molecule has 3 heterocycles. The molecule has 102 valence electrons. The number of aliphatic hydroxyl groups is 3. The number of aliphatic hydroxyl groups excluding tert-OH is 3. The Kier molecular flexibility index (Phi) is 2.90. The van der Waals surface area contributed by atoms with Crippen molar-refractivity contribution < 1.29 is 15.3 Å². The van der Waals surface area contributed by atoms with E-state index in [4.69, 9.17) is 5.11 Å². The number of aromatic amines is 1. The Morgan fingerprint density at radius 3 is 2.79 bits per heavy atom. The largest absolute Gasteiger partial charge is 0.395 e. The molecule has 2 aliphatic rings. The smallest absolute Gasteiger partial charge is 0.278 e. The quantitative estimate of drug-likeness (QED) is 0.418. The number of nitrogens with zero attached hydrogens (tertiary/aromatic N) is 3. The van der Waals surface area contributed by atoms with Gasteiger partial charge in [0.1, 0.15) is 11.7 Å². The third-order valence-corrected chi connectivity index (χ3v) is 3.49. The first-order chi connectivity index (χ1) is 9.13. The van der Waals surface area contributed by atoms with Crippen LogP contribution in [-0.2, 0) is 0 Å². The maximum absolute atomic E-state index is 11.5. The Hall–Kier alpha value is -1.68. The summed E-state index contributed by atoms with van der Waals surface area (Å²) in [6.07, 6.45) is -0.976. The first-order valence-electron chi connectivity index (χ1n) is 5.85. The summed E-state index contributed by atoms with van der Waals surface area (Å²) in [7, 11) is 0. The lowest BCUT2D eigenvalue weighted by atomic mass is 9.99. The fraction of sp³-hybridized carbons (Fsp3) is 0.600. The van der Waals surface area contributed by atoms with Gasteiger partial charge in [-0.15, -0.1) is 5.11 Å². The highest BCUT2D eigenvalue weighted by atomic mass is 16.3. The lowest BCUT2D eigenvalue weighted by molar-refractivity contribution is 0.0168. The second kappa shape index (κ2) is 4.46. The van der Waals surface area contributed by atoms with Gasteiger partial charge in [0, 0.05) is 0 Å². The van der Waals surface area contributed by atoms with Crippen molar-refractivity contribution in [1.29, 1.82) is 0 Å². The van der Waals surface area contributed by atoms with Crippen LogP contribution in [0.15, 0.2) is 21.4 Å².